The maximum Gasteiger partial charge on any atom is 0.234 e. The Morgan fingerprint density at radius 2 is 2.29 bits per heavy atom. The summed E-state index contributed by atoms with van der Waals surface area (Å²) in [5, 5.41) is 11.9. The van der Waals surface area contributed by atoms with E-state index in [1.165, 1.54) is 11.8 Å². The SMILES string of the molecule is CCCn1c(C)nnc1SCC(=O)Nc1cccnc1Cl. The number of thioether (sulfide) groups is 1. The van der Waals surface area contributed by atoms with Crippen LogP contribution in [0.2, 0.25) is 5.15 Å². The molecule has 1 N–H and O–H groups in total. The molecule has 0 fully saturated rings. The van der Waals surface area contributed by atoms with Crippen molar-refractivity contribution in [3.8, 4) is 0 Å². The number of hydrogen-bond acceptors (Lipinski definition) is 5. The van der Waals surface area contributed by atoms with Crippen LogP contribution in [0.5, 0.6) is 0 Å². The zero-order chi connectivity index (χ0) is 15.2. The number of pyridine rings is 1. The average Bonchev–Trinajstić information content (AvgIpc) is 2.81. The molecule has 0 spiro atoms. The molecule has 0 aliphatic heterocycles. The number of halogens is 1. The Morgan fingerprint density at radius 3 is 3.00 bits per heavy atom. The number of amides is 1. The number of aryl methyl sites for hydroxylation is 1. The van der Waals surface area contributed by atoms with Crippen molar-refractivity contribution in [1.82, 2.24) is 19.7 Å². The topological polar surface area (TPSA) is 72.7 Å². The van der Waals surface area contributed by atoms with E-state index in [1.807, 2.05) is 11.5 Å². The molecule has 21 heavy (non-hydrogen) atoms. The number of anilines is 1. The summed E-state index contributed by atoms with van der Waals surface area (Å²) < 4.78 is 2.01. The average molecular weight is 326 g/mol. The molecule has 0 unspecified atom stereocenters. The van der Waals surface area contributed by atoms with Crippen LogP contribution in [-0.4, -0.2) is 31.4 Å². The number of carbonyl (C=O) groups excluding carboxylic acids is 1. The van der Waals surface area contributed by atoms with Gasteiger partial charge in [-0.25, -0.2) is 4.98 Å². The fraction of sp³-hybridized carbons (Fsp3) is 0.385. The first kappa shape index (κ1) is 15.8. The third kappa shape index (κ3) is 4.18. The van der Waals surface area contributed by atoms with Gasteiger partial charge in [-0.1, -0.05) is 30.3 Å². The third-order valence-electron chi connectivity index (χ3n) is 2.71. The molecular formula is C13H16ClN5OS. The second-order valence-corrected chi connectivity index (χ2v) is 5.66. The summed E-state index contributed by atoms with van der Waals surface area (Å²) in [5.41, 5.74) is 0.510. The summed E-state index contributed by atoms with van der Waals surface area (Å²) in [6, 6.07) is 3.43. The Morgan fingerprint density at radius 1 is 1.48 bits per heavy atom. The lowest BCUT2D eigenvalue weighted by molar-refractivity contribution is -0.113. The van der Waals surface area contributed by atoms with Crippen molar-refractivity contribution in [2.45, 2.75) is 32.0 Å². The van der Waals surface area contributed by atoms with E-state index < -0.39 is 0 Å². The Bertz CT molecular complexity index is 631. The lowest BCUT2D eigenvalue weighted by Gasteiger charge is -2.07. The van der Waals surface area contributed by atoms with Gasteiger partial charge in [0.05, 0.1) is 11.4 Å². The summed E-state index contributed by atoms with van der Waals surface area (Å²) in [5.74, 6) is 0.946. The molecule has 0 radical (unpaired) electrons. The minimum absolute atomic E-state index is 0.154. The van der Waals surface area contributed by atoms with Crippen LogP contribution in [0, 0.1) is 6.92 Å². The molecule has 6 nitrogen and oxygen atoms in total. The highest BCUT2D eigenvalue weighted by Gasteiger charge is 2.12. The molecule has 0 aliphatic carbocycles. The molecule has 0 aromatic carbocycles. The quantitative estimate of drug-likeness (QED) is 0.653. The van der Waals surface area contributed by atoms with Crippen molar-refractivity contribution in [3.63, 3.8) is 0 Å². The van der Waals surface area contributed by atoms with Crippen molar-refractivity contribution >= 4 is 35.0 Å². The van der Waals surface area contributed by atoms with Crippen LogP contribution < -0.4 is 5.32 Å². The van der Waals surface area contributed by atoms with Crippen molar-refractivity contribution in [1.29, 1.82) is 0 Å². The molecule has 8 heteroatoms. The lowest BCUT2D eigenvalue weighted by Crippen LogP contribution is -2.15. The van der Waals surface area contributed by atoms with E-state index in [-0.39, 0.29) is 16.8 Å². The van der Waals surface area contributed by atoms with Gasteiger partial charge in [-0.3, -0.25) is 4.79 Å². The van der Waals surface area contributed by atoms with Gasteiger partial charge in [0.2, 0.25) is 5.91 Å². The summed E-state index contributed by atoms with van der Waals surface area (Å²) in [4.78, 5) is 15.8. The van der Waals surface area contributed by atoms with E-state index in [0.29, 0.717) is 5.69 Å². The number of carbonyl (C=O) groups is 1. The summed E-state index contributed by atoms with van der Waals surface area (Å²) in [7, 11) is 0. The zero-order valence-electron chi connectivity index (χ0n) is 11.8. The van der Waals surface area contributed by atoms with Crippen molar-refractivity contribution in [2.75, 3.05) is 11.1 Å². The van der Waals surface area contributed by atoms with Crippen molar-refractivity contribution in [2.24, 2.45) is 0 Å². The highest BCUT2D eigenvalue weighted by molar-refractivity contribution is 7.99. The lowest BCUT2D eigenvalue weighted by atomic mass is 10.4. The summed E-state index contributed by atoms with van der Waals surface area (Å²) >= 11 is 7.25. The summed E-state index contributed by atoms with van der Waals surface area (Å²) in [6.45, 7) is 4.84. The number of rotatable bonds is 6. The fourth-order valence-electron chi connectivity index (χ4n) is 1.75. The van der Waals surface area contributed by atoms with Gasteiger partial charge >= 0.3 is 0 Å². The Kier molecular flexibility index (Phi) is 5.58. The number of hydrogen-bond donors (Lipinski definition) is 1. The first-order chi connectivity index (χ1) is 10.1. The molecule has 2 heterocycles. The molecule has 2 rings (SSSR count). The third-order valence-corrected chi connectivity index (χ3v) is 3.98. The van der Waals surface area contributed by atoms with Gasteiger partial charge in [-0.15, -0.1) is 10.2 Å². The van der Waals surface area contributed by atoms with Gasteiger partial charge in [0.15, 0.2) is 10.3 Å². The number of aromatic nitrogens is 4. The first-order valence-electron chi connectivity index (χ1n) is 6.54. The molecule has 1 amide bonds. The van der Waals surface area contributed by atoms with Crippen LogP contribution in [-0.2, 0) is 11.3 Å². The van der Waals surface area contributed by atoms with Gasteiger partial charge in [0.25, 0.3) is 0 Å². The predicted molar refractivity (Wildman–Crippen MR) is 83.7 cm³/mol. The van der Waals surface area contributed by atoms with Gasteiger partial charge in [-0.2, -0.15) is 0 Å². The molecule has 2 aromatic heterocycles. The van der Waals surface area contributed by atoms with Crippen molar-refractivity contribution < 1.29 is 4.79 Å². The van der Waals surface area contributed by atoms with Crippen LogP contribution in [0.25, 0.3) is 0 Å². The van der Waals surface area contributed by atoms with Gasteiger partial charge in [0.1, 0.15) is 5.82 Å². The highest BCUT2D eigenvalue weighted by atomic mass is 35.5. The molecule has 0 saturated carbocycles. The van der Waals surface area contributed by atoms with Gasteiger partial charge in [-0.05, 0) is 25.5 Å². The second kappa shape index (κ2) is 7.42. The van der Waals surface area contributed by atoms with E-state index in [2.05, 4.69) is 27.4 Å². The highest BCUT2D eigenvalue weighted by Crippen LogP contribution is 2.20. The molecular weight excluding hydrogens is 310 g/mol. The minimum atomic E-state index is -0.154. The molecule has 0 saturated heterocycles. The standard InChI is InChI=1S/C13H16ClN5OS/c1-3-7-19-9(2)17-18-13(19)21-8-11(20)16-10-5-4-6-15-12(10)14/h4-6H,3,7-8H2,1-2H3,(H,16,20). The molecule has 0 atom stereocenters. The monoisotopic (exact) mass is 325 g/mol. The zero-order valence-corrected chi connectivity index (χ0v) is 13.4. The Labute approximate surface area is 132 Å². The molecule has 2 aromatic rings. The van der Waals surface area contributed by atoms with Crippen LogP contribution >= 0.6 is 23.4 Å². The largest absolute Gasteiger partial charge is 0.323 e. The van der Waals surface area contributed by atoms with Crippen LogP contribution in [0.3, 0.4) is 0 Å². The number of nitrogens with zero attached hydrogens (tertiary/aromatic N) is 4. The van der Waals surface area contributed by atoms with Gasteiger partial charge in [0, 0.05) is 12.7 Å². The van der Waals surface area contributed by atoms with Crippen LogP contribution in [0.15, 0.2) is 23.5 Å². The van der Waals surface area contributed by atoms with E-state index in [1.54, 1.807) is 18.3 Å². The summed E-state index contributed by atoms with van der Waals surface area (Å²) in [6.07, 6.45) is 2.56. The fourth-order valence-corrected chi connectivity index (χ4v) is 2.72. The van der Waals surface area contributed by atoms with E-state index in [0.717, 1.165) is 23.9 Å². The predicted octanol–water partition coefficient (Wildman–Crippen LogP) is 2.78. The second-order valence-electron chi connectivity index (χ2n) is 4.36. The van der Waals surface area contributed by atoms with Crippen molar-refractivity contribution in [3.05, 3.63) is 29.3 Å². The molecule has 112 valence electrons. The normalized spacial score (nSPS) is 10.6. The minimum Gasteiger partial charge on any atom is -0.323 e. The Hall–Kier alpha value is -1.60. The maximum atomic E-state index is 11.9. The van der Waals surface area contributed by atoms with Gasteiger partial charge < -0.3 is 9.88 Å². The molecule has 0 bridgehead atoms. The first-order valence-corrected chi connectivity index (χ1v) is 7.91. The van der Waals surface area contributed by atoms with E-state index >= 15 is 0 Å². The van der Waals surface area contributed by atoms with Crippen LogP contribution in [0.4, 0.5) is 5.69 Å². The van der Waals surface area contributed by atoms with E-state index in [4.69, 9.17) is 11.6 Å². The smallest absolute Gasteiger partial charge is 0.234 e. The maximum absolute atomic E-state index is 11.9. The van der Waals surface area contributed by atoms with Crippen LogP contribution in [0.1, 0.15) is 19.2 Å². The number of nitrogens with one attached hydrogen (secondary N) is 1. The van der Waals surface area contributed by atoms with E-state index in [9.17, 15) is 4.79 Å². The molecule has 0 aliphatic rings. The Balaban J connectivity index is 1.94.